The molecule has 0 saturated heterocycles. The van der Waals surface area contributed by atoms with Crippen molar-refractivity contribution < 1.29 is 40.6 Å². The summed E-state index contributed by atoms with van der Waals surface area (Å²) in [4.78, 5) is 11.7. The Hall–Kier alpha value is -0.990. The average molecular weight is 380 g/mol. The summed E-state index contributed by atoms with van der Waals surface area (Å²) >= 11 is 0. The van der Waals surface area contributed by atoms with Crippen molar-refractivity contribution in [2.75, 3.05) is 6.61 Å². The topological polar surface area (TPSA) is 35.5 Å². The van der Waals surface area contributed by atoms with Crippen LogP contribution >= 0.6 is 0 Å². The number of halogens is 6. The van der Waals surface area contributed by atoms with Crippen molar-refractivity contribution in [1.82, 2.24) is 0 Å². The van der Waals surface area contributed by atoms with Gasteiger partial charge < -0.3 is 9.47 Å². The highest BCUT2D eigenvalue weighted by Gasteiger charge is 2.72. The molecule has 0 bridgehead atoms. The molecule has 0 atom stereocenters. The highest BCUT2D eigenvalue weighted by Crippen LogP contribution is 2.50. The van der Waals surface area contributed by atoms with E-state index in [-0.39, 0.29) is 0 Å². The summed E-state index contributed by atoms with van der Waals surface area (Å²) in [7, 11) is 0. The van der Waals surface area contributed by atoms with Crippen molar-refractivity contribution in [1.29, 1.82) is 0 Å². The van der Waals surface area contributed by atoms with Crippen LogP contribution in [0.1, 0.15) is 60.8 Å². The standard InChI is InChI=1S/C16H26F6O3/c1-7-13(5,6)11(23)24-10-8-9-14(15(17,18)19,16(20,21)22)25-12(2,3)4/h7-10H2,1-6H3. The smallest absolute Gasteiger partial charge is 0.426 e. The molecule has 0 N–H and O–H groups in total. The quantitative estimate of drug-likeness (QED) is 0.336. The molecule has 0 aromatic heterocycles. The van der Waals surface area contributed by atoms with Gasteiger partial charge in [0.05, 0.1) is 17.6 Å². The van der Waals surface area contributed by atoms with E-state index >= 15 is 0 Å². The molecule has 25 heavy (non-hydrogen) atoms. The zero-order chi connectivity index (χ0) is 20.3. The van der Waals surface area contributed by atoms with Gasteiger partial charge in [-0.1, -0.05) is 6.92 Å². The van der Waals surface area contributed by atoms with E-state index in [1.807, 2.05) is 0 Å². The molecule has 0 saturated carbocycles. The predicted molar refractivity (Wildman–Crippen MR) is 79.9 cm³/mol. The van der Waals surface area contributed by atoms with Gasteiger partial charge in [0.2, 0.25) is 0 Å². The summed E-state index contributed by atoms with van der Waals surface area (Å²) in [6.07, 6.45) is -12.9. The molecule has 0 aliphatic carbocycles. The number of alkyl halides is 6. The molecule has 0 aromatic rings. The van der Waals surface area contributed by atoms with E-state index in [1.54, 1.807) is 20.8 Å². The number of esters is 1. The summed E-state index contributed by atoms with van der Waals surface area (Å²) in [5, 5.41) is 0. The van der Waals surface area contributed by atoms with Gasteiger partial charge in [-0.05, 0) is 53.9 Å². The lowest BCUT2D eigenvalue weighted by Crippen LogP contribution is -2.61. The molecule has 0 radical (unpaired) electrons. The van der Waals surface area contributed by atoms with Gasteiger partial charge in [-0.2, -0.15) is 26.3 Å². The molecule has 0 aliphatic heterocycles. The summed E-state index contributed by atoms with van der Waals surface area (Å²) in [5.74, 6) is -0.670. The SMILES string of the molecule is CCC(C)(C)C(=O)OCCCC(OC(C)(C)C)(C(F)(F)F)C(F)(F)F. The van der Waals surface area contributed by atoms with Crippen LogP contribution in [-0.2, 0) is 14.3 Å². The molecule has 0 heterocycles. The molecule has 0 aliphatic rings. The third-order valence-corrected chi connectivity index (χ3v) is 3.74. The normalized spacial score (nSPS) is 14.6. The lowest BCUT2D eigenvalue weighted by Gasteiger charge is -2.41. The lowest BCUT2D eigenvalue weighted by atomic mass is 9.90. The molecule has 150 valence electrons. The second kappa shape index (κ2) is 7.72. The van der Waals surface area contributed by atoms with Crippen molar-refractivity contribution in [2.24, 2.45) is 5.41 Å². The van der Waals surface area contributed by atoms with Crippen molar-refractivity contribution >= 4 is 5.97 Å². The van der Waals surface area contributed by atoms with Crippen LogP contribution in [0.4, 0.5) is 26.3 Å². The van der Waals surface area contributed by atoms with Crippen LogP contribution in [0.2, 0.25) is 0 Å². The maximum Gasteiger partial charge on any atom is 0.426 e. The zero-order valence-corrected chi connectivity index (χ0v) is 15.3. The number of carbonyl (C=O) groups is 1. The number of ether oxygens (including phenoxy) is 2. The summed E-state index contributed by atoms with van der Waals surface area (Å²) < 4.78 is 88.9. The molecule has 0 rings (SSSR count). The minimum atomic E-state index is -5.66. The highest BCUT2D eigenvalue weighted by molar-refractivity contribution is 5.75. The molecular weight excluding hydrogens is 354 g/mol. The summed E-state index contributed by atoms with van der Waals surface area (Å²) in [6.45, 7) is 7.66. The van der Waals surface area contributed by atoms with E-state index in [0.29, 0.717) is 6.42 Å². The fourth-order valence-corrected chi connectivity index (χ4v) is 1.96. The van der Waals surface area contributed by atoms with Crippen molar-refractivity contribution in [2.45, 2.75) is 84.4 Å². The zero-order valence-electron chi connectivity index (χ0n) is 15.3. The van der Waals surface area contributed by atoms with Gasteiger partial charge in [-0.25, -0.2) is 0 Å². The van der Waals surface area contributed by atoms with E-state index in [4.69, 9.17) is 4.74 Å². The summed E-state index contributed by atoms with van der Waals surface area (Å²) in [6, 6.07) is 0. The van der Waals surface area contributed by atoms with E-state index in [9.17, 15) is 31.1 Å². The average Bonchev–Trinajstić information content (AvgIpc) is 2.37. The van der Waals surface area contributed by atoms with Crippen LogP contribution < -0.4 is 0 Å². The Morgan fingerprint density at radius 3 is 1.64 bits per heavy atom. The fraction of sp³-hybridized carbons (Fsp3) is 0.938. The van der Waals surface area contributed by atoms with Crippen LogP contribution in [0.5, 0.6) is 0 Å². The minimum Gasteiger partial charge on any atom is -0.465 e. The molecule has 9 heteroatoms. The van der Waals surface area contributed by atoms with Gasteiger partial charge in [0.25, 0.3) is 5.60 Å². The minimum absolute atomic E-state index is 0.425. The van der Waals surface area contributed by atoms with Crippen molar-refractivity contribution in [3.8, 4) is 0 Å². The monoisotopic (exact) mass is 380 g/mol. The predicted octanol–water partition coefficient (Wildman–Crippen LogP) is 5.42. The first-order valence-corrected chi connectivity index (χ1v) is 7.90. The number of hydrogen-bond donors (Lipinski definition) is 0. The maximum absolute atomic E-state index is 13.3. The Bertz CT molecular complexity index is 432. The lowest BCUT2D eigenvalue weighted by molar-refractivity contribution is -0.400. The molecule has 0 amide bonds. The fourth-order valence-electron chi connectivity index (χ4n) is 1.96. The second-order valence-corrected chi connectivity index (χ2v) is 7.51. The van der Waals surface area contributed by atoms with E-state index in [2.05, 4.69) is 4.74 Å². The van der Waals surface area contributed by atoms with E-state index in [1.165, 1.54) is 0 Å². The molecule has 0 unspecified atom stereocenters. The number of carbonyl (C=O) groups excluding carboxylic acids is 1. The molecular formula is C16H26F6O3. The van der Waals surface area contributed by atoms with Crippen LogP contribution in [0.25, 0.3) is 0 Å². The van der Waals surface area contributed by atoms with Gasteiger partial charge in [-0.3, -0.25) is 4.79 Å². The van der Waals surface area contributed by atoms with Crippen LogP contribution in [0.3, 0.4) is 0 Å². The summed E-state index contributed by atoms with van der Waals surface area (Å²) in [5.41, 5.74) is -6.84. The van der Waals surface area contributed by atoms with Crippen molar-refractivity contribution in [3.05, 3.63) is 0 Å². The Labute approximate surface area is 144 Å². The van der Waals surface area contributed by atoms with Crippen LogP contribution in [0.15, 0.2) is 0 Å². The molecule has 3 nitrogen and oxygen atoms in total. The molecule has 0 spiro atoms. The van der Waals surface area contributed by atoms with Gasteiger partial charge in [-0.15, -0.1) is 0 Å². The number of rotatable bonds is 7. The third-order valence-electron chi connectivity index (χ3n) is 3.74. The molecule has 0 aromatic carbocycles. The first kappa shape index (κ1) is 24.0. The highest BCUT2D eigenvalue weighted by atomic mass is 19.4. The van der Waals surface area contributed by atoms with Gasteiger partial charge >= 0.3 is 18.3 Å². The Morgan fingerprint density at radius 1 is 0.880 bits per heavy atom. The van der Waals surface area contributed by atoms with Crippen LogP contribution in [-0.4, -0.2) is 36.1 Å². The first-order chi connectivity index (χ1) is 10.9. The maximum atomic E-state index is 13.3. The van der Waals surface area contributed by atoms with Crippen LogP contribution in [0, 0.1) is 5.41 Å². The Balaban J connectivity index is 5.25. The van der Waals surface area contributed by atoms with E-state index in [0.717, 1.165) is 20.8 Å². The molecule has 0 fully saturated rings. The third kappa shape index (κ3) is 6.34. The van der Waals surface area contributed by atoms with Gasteiger partial charge in [0, 0.05) is 0 Å². The Kier molecular flexibility index (Phi) is 7.41. The van der Waals surface area contributed by atoms with Gasteiger partial charge in [0.1, 0.15) is 0 Å². The largest absolute Gasteiger partial charge is 0.465 e. The van der Waals surface area contributed by atoms with Crippen molar-refractivity contribution in [3.63, 3.8) is 0 Å². The number of hydrogen-bond acceptors (Lipinski definition) is 3. The van der Waals surface area contributed by atoms with E-state index < -0.39 is 54.4 Å². The van der Waals surface area contributed by atoms with Gasteiger partial charge in [0.15, 0.2) is 0 Å². The first-order valence-electron chi connectivity index (χ1n) is 7.90. The second-order valence-electron chi connectivity index (χ2n) is 7.51. The Morgan fingerprint density at radius 2 is 1.32 bits per heavy atom.